The fourth-order valence-corrected chi connectivity index (χ4v) is 1.62. The quantitative estimate of drug-likeness (QED) is 0.892. The first-order valence-electron chi connectivity index (χ1n) is 5.33. The van der Waals surface area contributed by atoms with E-state index in [2.05, 4.69) is 22.4 Å². The average Bonchev–Trinajstić information content (AvgIpc) is 2.80. The molecule has 0 saturated heterocycles. The highest BCUT2D eigenvalue weighted by molar-refractivity contribution is 5.85. The van der Waals surface area contributed by atoms with Gasteiger partial charge in [-0.25, -0.2) is 0 Å². The van der Waals surface area contributed by atoms with E-state index in [9.17, 15) is 0 Å². The van der Waals surface area contributed by atoms with Crippen LogP contribution in [0.1, 0.15) is 17.0 Å². The summed E-state index contributed by atoms with van der Waals surface area (Å²) in [6.07, 6.45) is 3.72. The van der Waals surface area contributed by atoms with Crippen molar-refractivity contribution in [1.29, 1.82) is 0 Å². The second-order valence-electron chi connectivity index (χ2n) is 3.93. The van der Waals surface area contributed by atoms with Gasteiger partial charge in [0.2, 0.25) is 0 Å². The lowest BCUT2D eigenvalue weighted by Gasteiger charge is -2.04. The summed E-state index contributed by atoms with van der Waals surface area (Å²) in [5, 5.41) is 11.7. The van der Waals surface area contributed by atoms with Crippen molar-refractivity contribution in [3.05, 3.63) is 35.4 Å². The van der Waals surface area contributed by atoms with Crippen LogP contribution < -0.4 is 5.32 Å². The zero-order valence-corrected chi connectivity index (χ0v) is 11.2. The summed E-state index contributed by atoms with van der Waals surface area (Å²) in [4.78, 5) is 0. The molecule has 0 atom stereocenters. The van der Waals surface area contributed by atoms with Crippen molar-refractivity contribution in [2.75, 3.05) is 0 Å². The van der Waals surface area contributed by atoms with Crippen LogP contribution in [-0.2, 0) is 27.2 Å². The lowest BCUT2D eigenvalue weighted by Crippen LogP contribution is -2.15. The van der Waals surface area contributed by atoms with E-state index in [-0.39, 0.29) is 12.4 Å². The molecule has 0 amide bonds. The van der Waals surface area contributed by atoms with Gasteiger partial charge in [-0.3, -0.25) is 9.36 Å². The minimum absolute atomic E-state index is 0. The number of aromatic nitrogens is 4. The highest BCUT2D eigenvalue weighted by Gasteiger charge is 2.03. The molecule has 2 aromatic heterocycles. The Morgan fingerprint density at radius 3 is 2.47 bits per heavy atom. The van der Waals surface area contributed by atoms with Gasteiger partial charge in [-0.1, -0.05) is 0 Å². The molecule has 0 aromatic carbocycles. The standard InChI is InChI=1S/C11H17N5.ClH/c1-9-10(7-14-15(9)2)6-12-8-11-4-5-13-16(11)3;/h4-5,7,12H,6,8H2,1-3H3;1H. The van der Waals surface area contributed by atoms with E-state index >= 15 is 0 Å². The summed E-state index contributed by atoms with van der Waals surface area (Å²) in [5.74, 6) is 0. The predicted octanol–water partition coefficient (Wildman–Crippen LogP) is 1.17. The first-order chi connectivity index (χ1) is 7.68. The summed E-state index contributed by atoms with van der Waals surface area (Å²) < 4.78 is 3.77. The minimum Gasteiger partial charge on any atom is -0.307 e. The molecule has 5 nitrogen and oxygen atoms in total. The maximum absolute atomic E-state index is 4.21. The molecular weight excluding hydrogens is 238 g/mol. The van der Waals surface area contributed by atoms with Crippen molar-refractivity contribution in [3.63, 3.8) is 0 Å². The molecule has 6 heteroatoms. The molecule has 1 N–H and O–H groups in total. The van der Waals surface area contributed by atoms with Gasteiger partial charge < -0.3 is 5.32 Å². The van der Waals surface area contributed by atoms with Gasteiger partial charge in [-0.15, -0.1) is 12.4 Å². The number of rotatable bonds is 4. The summed E-state index contributed by atoms with van der Waals surface area (Å²) in [6, 6.07) is 2.02. The Kier molecular flexibility index (Phi) is 4.72. The van der Waals surface area contributed by atoms with Crippen LogP contribution in [0.2, 0.25) is 0 Å². The monoisotopic (exact) mass is 255 g/mol. The van der Waals surface area contributed by atoms with Crippen molar-refractivity contribution in [1.82, 2.24) is 24.9 Å². The number of nitrogens with one attached hydrogen (secondary N) is 1. The smallest absolute Gasteiger partial charge is 0.0537 e. The first-order valence-corrected chi connectivity index (χ1v) is 5.33. The van der Waals surface area contributed by atoms with Crippen molar-refractivity contribution in [3.8, 4) is 0 Å². The van der Waals surface area contributed by atoms with Crippen LogP contribution in [0.3, 0.4) is 0 Å². The van der Waals surface area contributed by atoms with Crippen molar-refractivity contribution in [2.24, 2.45) is 14.1 Å². The van der Waals surface area contributed by atoms with Crippen LogP contribution in [0.5, 0.6) is 0 Å². The maximum atomic E-state index is 4.21. The maximum Gasteiger partial charge on any atom is 0.0537 e. The largest absolute Gasteiger partial charge is 0.307 e. The predicted molar refractivity (Wildman–Crippen MR) is 68.9 cm³/mol. The Labute approximate surface area is 107 Å². The van der Waals surface area contributed by atoms with E-state index in [0.717, 1.165) is 13.1 Å². The van der Waals surface area contributed by atoms with Gasteiger partial charge in [0.1, 0.15) is 0 Å². The number of halogens is 1. The van der Waals surface area contributed by atoms with Gasteiger partial charge in [0.25, 0.3) is 0 Å². The zero-order chi connectivity index (χ0) is 11.5. The topological polar surface area (TPSA) is 47.7 Å². The molecule has 94 valence electrons. The van der Waals surface area contributed by atoms with E-state index in [4.69, 9.17) is 0 Å². The van der Waals surface area contributed by atoms with Crippen LogP contribution in [-0.4, -0.2) is 19.6 Å². The van der Waals surface area contributed by atoms with Crippen LogP contribution in [0.25, 0.3) is 0 Å². The fourth-order valence-electron chi connectivity index (χ4n) is 1.62. The minimum atomic E-state index is 0. The molecule has 2 aromatic rings. The van der Waals surface area contributed by atoms with Crippen molar-refractivity contribution < 1.29 is 0 Å². The third-order valence-corrected chi connectivity index (χ3v) is 2.88. The summed E-state index contributed by atoms with van der Waals surface area (Å²) in [6.45, 7) is 3.74. The lowest BCUT2D eigenvalue weighted by molar-refractivity contribution is 0.624. The lowest BCUT2D eigenvalue weighted by atomic mass is 10.2. The molecule has 0 bridgehead atoms. The normalized spacial score (nSPS) is 10.3. The third kappa shape index (κ3) is 3.08. The van der Waals surface area contributed by atoms with Crippen LogP contribution in [0.4, 0.5) is 0 Å². The SMILES string of the molecule is Cc1c(CNCc2ccnn2C)cnn1C.Cl. The Hall–Kier alpha value is -1.33. The first kappa shape index (κ1) is 13.7. The summed E-state index contributed by atoms with van der Waals surface area (Å²) in [5.41, 5.74) is 3.63. The molecule has 0 aliphatic rings. The molecule has 0 fully saturated rings. The van der Waals surface area contributed by atoms with Gasteiger partial charge in [-0.05, 0) is 13.0 Å². The molecule has 0 aliphatic carbocycles. The Morgan fingerprint density at radius 2 is 1.94 bits per heavy atom. The third-order valence-electron chi connectivity index (χ3n) is 2.88. The van der Waals surface area contributed by atoms with Crippen LogP contribution >= 0.6 is 12.4 Å². The van der Waals surface area contributed by atoms with E-state index in [1.54, 1.807) is 0 Å². The van der Waals surface area contributed by atoms with E-state index in [1.807, 2.05) is 41.9 Å². The Morgan fingerprint density at radius 1 is 1.18 bits per heavy atom. The number of aryl methyl sites for hydroxylation is 2. The molecule has 2 rings (SSSR count). The molecule has 0 saturated carbocycles. The molecule has 2 heterocycles. The number of nitrogens with zero attached hydrogens (tertiary/aromatic N) is 4. The van der Waals surface area contributed by atoms with Gasteiger partial charge in [-0.2, -0.15) is 10.2 Å². The molecule has 0 radical (unpaired) electrons. The highest BCUT2D eigenvalue weighted by atomic mass is 35.5. The molecule has 0 aliphatic heterocycles. The van der Waals surface area contributed by atoms with Gasteiger partial charge in [0, 0.05) is 44.6 Å². The van der Waals surface area contributed by atoms with E-state index < -0.39 is 0 Å². The summed E-state index contributed by atoms with van der Waals surface area (Å²) >= 11 is 0. The second kappa shape index (κ2) is 5.84. The molecule has 0 spiro atoms. The highest BCUT2D eigenvalue weighted by Crippen LogP contribution is 2.05. The van der Waals surface area contributed by atoms with Crippen LogP contribution in [0.15, 0.2) is 18.5 Å². The van der Waals surface area contributed by atoms with Crippen molar-refractivity contribution in [2.45, 2.75) is 20.0 Å². The van der Waals surface area contributed by atoms with E-state index in [1.165, 1.54) is 17.0 Å². The van der Waals surface area contributed by atoms with Crippen molar-refractivity contribution >= 4 is 12.4 Å². The Bertz CT molecular complexity index is 474. The van der Waals surface area contributed by atoms with Gasteiger partial charge >= 0.3 is 0 Å². The molecule has 0 unspecified atom stereocenters. The fraction of sp³-hybridized carbons (Fsp3) is 0.455. The Balaban J connectivity index is 0.00000144. The molecular formula is C11H18ClN5. The number of hydrogen-bond donors (Lipinski definition) is 1. The van der Waals surface area contributed by atoms with Crippen LogP contribution in [0, 0.1) is 6.92 Å². The molecule has 17 heavy (non-hydrogen) atoms. The van der Waals surface area contributed by atoms with Gasteiger partial charge in [0.05, 0.1) is 11.9 Å². The number of hydrogen-bond acceptors (Lipinski definition) is 3. The summed E-state index contributed by atoms with van der Waals surface area (Å²) in [7, 11) is 3.91. The zero-order valence-electron chi connectivity index (χ0n) is 10.3. The van der Waals surface area contributed by atoms with E-state index in [0.29, 0.717) is 0 Å². The van der Waals surface area contributed by atoms with Gasteiger partial charge in [0.15, 0.2) is 0 Å². The second-order valence-corrected chi connectivity index (χ2v) is 3.93. The average molecular weight is 256 g/mol.